The Morgan fingerprint density at radius 1 is 1.41 bits per heavy atom. The molecule has 1 aliphatic heterocycles. The summed E-state index contributed by atoms with van der Waals surface area (Å²) in [7, 11) is 0. The van der Waals surface area contributed by atoms with E-state index < -0.39 is 0 Å². The molecule has 1 aliphatic carbocycles. The maximum Gasteiger partial charge on any atom is 0.0546 e. The van der Waals surface area contributed by atoms with E-state index in [1.165, 1.54) is 45.1 Å². The molecular formula is C14H28N2O. The summed E-state index contributed by atoms with van der Waals surface area (Å²) in [6, 6.07) is 0.854. The average Bonchev–Trinajstić information content (AvgIpc) is 3.20. The zero-order valence-electron chi connectivity index (χ0n) is 11.3. The van der Waals surface area contributed by atoms with Crippen molar-refractivity contribution in [3.8, 4) is 0 Å². The standard InChI is InChI=1S/C14H28N2O/c1-2-3-8-16(13-5-6-13)11-14(10-15)7-4-9-17-12-14/h13H,2-12,15H2,1H3. The molecule has 3 nitrogen and oxygen atoms in total. The van der Waals surface area contributed by atoms with Gasteiger partial charge in [0.25, 0.3) is 0 Å². The first kappa shape index (κ1) is 13.3. The molecule has 1 saturated carbocycles. The van der Waals surface area contributed by atoms with Crippen molar-refractivity contribution < 1.29 is 4.74 Å². The van der Waals surface area contributed by atoms with E-state index in [2.05, 4.69) is 11.8 Å². The second-order valence-corrected chi connectivity index (χ2v) is 5.92. The van der Waals surface area contributed by atoms with Gasteiger partial charge in [0, 0.05) is 31.2 Å². The molecule has 1 saturated heterocycles. The fourth-order valence-corrected chi connectivity index (χ4v) is 2.88. The van der Waals surface area contributed by atoms with Crippen LogP contribution in [0.2, 0.25) is 0 Å². The van der Waals surface area contributed by atoms with Gasteiger partial charge in [-0.25, -0.2) is 0 Å². The number of nitrogens with zero attached hydrogens (tertiary/aromatic N) is 1. The van der Waals surface area contributed by atoms with Crippen LogP contribution in [0.3, 0.4) is 0 Å². The van der Waals surface area contributed by atoms with E-state index in [0.29, 0.717) is 0 Å². The van der Waals surface area contributed by atoms with Gasteiger partial charge in [-0.05, 0) is 38.6 Å². The summed E-state index contributed by atoms with van der Waals surface area (Å²) in [5.74, 6) is 0. The molecule has 0 spiro atoms. The third-order valence-electron chi connectivity index (χ3n) is 4.24. The smallest absolute Gasteiger partial charge is 0.0546 e. The molecule has 17 heavy (non-hydrogen) atoms. The monoisotopic (exact) mass is 240 g/mol. The van der Waals surface area contributed by atoms with Crippen molar-refractivity contribution in [1.82, 2.24) is 4.90 Å². The van der Waals surface area contributed by atoms with Gasteiger partial charge in [0.15, 0.2) is 0 Å². The van der Waals surface area contributed by atoms with Gasteiger partial charge in [-0.15, -0.1) is 0 Å². The number of rotatable bonds is 7. The molecule has 2 fully saturated rings. The van der Waals surface area contributed by atoms with Crippen molar-refractivity contribution in [3.05, 3.63) is 0 Å². The minimum absolute atomic E-state index is 0.245. The molecular weight excluding hydrogens is 212 g/mol. The van der Waals surface area contributed by atoms with Crippen LogP contribution in [0.1, 0.15) is 45.4 Å². The summed E-state index contributed by atoms with van der Waals surface area (Å²) >= 11 is 0. The molecule has 1 unspecified atom stereocenters. The quantitative estimate of drug-likeness (QED) is 0.740. The highest BCUT2D eigenvalue weighted by molar-refractivity contribution is 4.92. The van der Waals surface area contributed by atoms with Gasteiger partial charge in [0.1, 0.15) is 0 Å². The Labute approximate surface area is 106 Å². The van der Waals surface area contributed by atoms with E-state index >= 15 is 0 Å². The van der Waals surface area contributed by atoms with Crippen molar-refractivity contribution in [2.75, 3.05) is 32.8 Å². The lowest BCUT2D eigenvalue weighted by molar-refractivity contribution is -0.0234. The Bertz CT molecular complexity index is 222. The van der Waals surface area contributed by atoms with Crippen LogP contribution in [0.25, 0.3) is 0 Å². The topological polar surface area (TPSA) is 38.5 Å². The van der Waals surface area contributed by atoms with E-state index in [1.54, 1.807) is 0 Å². The van der Waals surface area contributed by atoms with Crippen LogP contribution in [0.15, 0.2) is 0 Å². The molecule has 2 N–H and O–H groups in total. The summed E-state index contributed by atoms with van der Waals surface area (Å²) < 4.78 is 5.68. The Hall–Kier alpha value is -0.120. The molecule has 2 rings (SSSR count). The van der Waals surface area contributed by atoms with Crippen molar-refractivity contribution in [2.24, 2.45) is 11.1 Å². The second kappa shape index (κ2) is 6.17. The predicted molar refractivity (Wildman–Crippen MR) is 71.0 cm³/mol. The van der Waals surface area contributed by atoms with Crippen LogP contribution in [-0.4, -0.2) is 43.8 Å². The van der Waals surface area contributed by atoms with Crippen LogP contribution >= 0.6 is 0 Å². The van der Waals surface area contributed by atoms with E-state index in [1.807, 2.05) is 0 Å². The van der Waals surface area contributed by atoms with Crippen LogP contribution < -0.4 is 5.73 Å². The molecule has 1 heterocycles. The van der Waals surface area contributed by atoms with Crippen molar-refractivity contribution in [1.29, 1.82) is 0 Å². The first-order chi connectivity index (χ1) is 8.29. The summed E-state index contributed by atoms with van der Waals surface area (Å²) in [4.78, 5) is 2.69. The molecule has 100 valence electrons. The van der Waals surface area contributed by atoms with E-state index in [4.69, 9.17) is 10.5 Å². The number of hydrogen-bond donors (Lipinski definition) is 1. The first-order valence-corrected chi connectivity index (χ1v) is 7.31. The van der Waals surface area contributed by atoms with Crippen molar-refractivity contribution >= 4 is 0 Å². The van der Waals surface area contributed by atoms with Crippen LogP contribution in [0, 0.1) is 5.41 Å². The Morgan fingerprint density at radius 3 is 2.76 bits per heavy atom. The Morgan fingerprint density at radius 2 is 2.24 bits per heavy atom. The Balaban J connectivity index is 1.89. The molecule has 1 atom stereocenters. The first-order valence-electron chi connectivity index (χ1n) is 7.31. The van der Waals surface area contributed by atoms with Crippen LogP contribution in [0.4, 0.5) is 0 Å². The second-order valence-electron chi connectivity index (χ2n) is 5.92. The summed E-state index contributed by atoms with van der Waals surface area (Å²) in [6.45, 7) is 7.27. The largest absolute Gasteiger partial charge is 0.381 e. The van der Waals surface area contributed by atoms with Crippen LogP contribution in [-0.2, 0) is 4.74 Å². The number of nitrogens with two attached hydrogens (primary N) is 1. The minimum atomic E-state index is 0.245. The van der Waals surface area contributed by atoms with Gasteiger partial charge in [-0.3, -0.25) is 4.90 Å². The number of ether oxygens (including phenoxy) is 1. The van der Waals surface area contributed by atoms with Gasteiger partial charge in [-0.2, -0.15) is 0 Å². The molecule has 3 heteroatoms. The summed E-state index contributed by atoms with van der Waals surface area (Å²) in [5, 5.41) is 0. The third-order valence-corrected chi connectivity index (χ3v) is 4.24. The average molecular weight is 240 g/mol. The molecule has 0 radical (unpaired) electrons. The SMILES string of the molecule is CCCCN(CC1(CN)CCCOC1)C1CC1. The molecule has 0 aromatic heterocycles. The maximum atomic E-state index is 6.03. The van der Waals surface area contributed by atoms with Gasteiger partial charge < -0.3 is 10.5 Å². The zero-order chi connectivity index (χ0) is 12.1. The zero-order valence-corrected chi connectivity index (χ0v) is 11.3. The highest BCUT2D eigenvalue weighted by Crippen LogP contribution is 2.34. The predicted octanol–water partition coefficient (Wildman–Crippen LogP) is 2.01. The van der Waals surface area contributed by atoms with Gasteiger partial charge in [0.2, 0.25) is 0 Å². The fraction of sp³-hybridized carbons (Fsp3) is 1.00. The lowest BCUT2D eigenvalue weighted by Crippen LogP contribution is -2.48. The lowest BCUT2D eigenvalue weighted by Gasteiger charge is -2.40. The molecule has 0 amide bonds. The third kappa shape index (κ3) is 3.67. The van der Waals surface area contributed by atoms with Crippen molar-refractivity contribution in [3.63, 3.8) is 0 Å². The van der Waals surface area contributed by atoms with E-state index in [9.17, 15) is 0 Å². The van der Waals surface area contributed by atoms with Crippen LogP contribution in [0.5, 0.6) is 0 Å². The fourth-order valence-electron chi connectivity index (χ4n) is 2.88. The number of hydrogen-bond acceptors (Lipinski definition) is 3. The van der Waals surface area contributed by atoms with E-state index in [0.717, 1.165) is 32.3 Å². The summed E-state index contributed by atoms with van der Waals surface area (Å²) in [5.41, 5.74) is 6.27. The maximum absolute atomic E-state index is 6.03. The minimum Gasteiger partial charge on any atom is -0.381 e. The number of unbranched alkanes of at least 4 members (excludes halogenated alkanes) is 1. The molecule has 0 bridgehead atoms. The normalized spacial score (nSPS) is 29.8. The van der Waals surface area contributed by atoms with Crippen molar-refractivity contribution in [2.45, 2.75) is 51.5 Å². The highest BCUT2D eigenvalue weighted by atomic mass is 16.5. The molecule has 0 aromatic rings. The van der Waals surface area contributed by atoms with Gasteiger partial charge in [-0.1, -0.05) is 13.3 Å². The van der Waals surface area contributed by atoms with Gasteiger partial charge in [0.05, 0.1) is 6.61 Å². The molecule has 2 aliphatic rings. The summed E-state index contributed by atoms with van der Waals surface area (Å²) in [6.07, 6.45) is 7.83. The highest BCUT2D eigenvalue weighted by Gasteiger charge is 2.37. The molecule has 0 aromatic carbocycles. The van der Waals surface area contributed by atoms with E-state index in [-0.39, 0.29) is 5.41 Å². The Kier molecular flexibility index (Phi) is 4.83. The van der Waals surface area contributed by atoms with Gasteiger partial charge >= 0.3 is 0 Å². The lowest BCUT2D eigenvalue weighted by atomic mass is 9.82.